The van der Waals surface area contributed by atoms with Gasteiger partial charge in [-0.25, -0.2) is 4.79 Å². The fourth-order valence-corrected chi connectivity index (χ4v) is 1.69. The van der Waals surface area contributed by atoms with Gasteiger partial charge in [-0.1, -0.05) is 37.1 Å². The third-order valence-electron chi connectivity index (χ3n) is 2.38. The van der Waals surface area contributed by atoms with Crippen molar-refractivity contribution in [1.82, 2.24) is 5.32 Å². The lowest BCUT2D eigenvalue weighted by molar-refractivity contribution is 0.248. The van der Waals surface area contributed by atoms with Crippen molar-refractivity contribution in [2.24, 2.45) is 5.73 Å². The first-order valence-electron chi connectivity index (χ1n) is 5.69. The van der Waals surface area contributed by atoms with Crippen LogP contribution in [0.2, 0.25) is 5.02 Å². The van der Waals surface area contributed by atoms with Crippen LogP contribution in [-0.2, 0) is 0 Å². The molecule has 1 aromatic carbocycles. The predicted octanol–water partition coefficient (Wildman–Crippen LogP) is 2.59. The summed E-state index contributed by atoms with van der Waals surface area (Å²) in [5.41, 5.74) is 6.16. The highest BCUT2D eigenvalue weighted by atomic mass is 35.5. The minimum atomic E-state index is -0.276. The Bertz CT molecular complexity index is 371. The first-order chi connectivity index (χ1) is 8.17. The van der Waals surface area contributed by atoms with E-state index in [4.69, 9.17) is 17.3 Å². The molecular formula is C12H18ClN3O. The summed E-state index contributed by atoms with van der Waals surface area (Å²) in [6, 6.07) is 6.83. The Balaban J connectivity index is 2.52. The summed E-state index contributed by atoms with van der Waals surface area (Å²) in [5, 5.41) is 6.02. The maximum absolute atomic E-state index is 11.7. The van der Waals surface area contributed by atoms with Crippen LogP contribution >= 0.6 is 11.6 Å². The monoisotopic (exact) mass is 255 g/mol. The minimum Gasteiger partial charge on any atom is -0.334 e. The van der Waals surface area contributed by atoms with E-state index in [-0.39, 0.29) is 12.1 Å². The van der Waals surface area contributed by atoms with Gasteiger partial charge in [0, 0.05) is 12.6 Å². The Kier molecular flexibility index (Phi) is 5.80. The predicted molar refractivity (Wildman–Crippen MR) is 71.4 cm³/mol. The van der Waals surface area contributed by atoms with Crippen molar-refractivity contribution in [3.8, 4) is 0 Å². The molecule has 17 heavy (non-hydrogen) atoms. The second-order valence-corrected chi connectivity index (χ2v) is 4.21. The van der Waals surface area contributed by atoms with Crippen molar-refractivity contribution in [3.05, 3.63) is 29.3 Å². The Hall–Kier alpha value is -1.26. The molecular weight excluding hydrogens is 238 g/mol. The van der Waals surface area contributed by atoms with Crippen molar-refractivity contribution >= 4 is 23.3 Å². The van der Waals surface area contributed by atoms with Gasteiger partial charge in [-0.2, -0.15) is 0 Å². The number of hydrogen-bond donors (Lipinski definition) is 3. The Morgan fingerprint density at radius 1 is 1.47 bits per heavy atom. The van der Waals surface area contributed by atoms with E-state index < -0.39 is 0 Å². The Morgan fingerprint density at radius 2 is 2.18 bits per heavy atom. The molecule has 0 spiro atoms. The van der Waals surface area contributed by atoms with Gasteiger partial charge in [0.2, 0.25) is 0 Å². The Morgan fingerprint density at radius 3 is 2.76 bits per heavy atom. The number of carbonyl (C=O) groups excluding carboxylic acids is 1. The molecule has 0 aliphatic rings. The smallest absolute Gasteiger partial charge is 0.319 e. The zero-order valence-electron chi connectivity index (χ0n) is 9.87. The Labute approximate surface area is 107 Å². The van der Waals surface area contributed by atoms with Gasteiger partial charge in [-0.3, -0.25) is 0 Å². The highest BCUT2D eigenvalue weighted by Gasteiger charge is 2.10. The van der Waals surface area contributed by atoms with Gasteiger partial charge in [0.1, 0.15) is 0 Å². The van der Waals surface area contributed by atoms with Crippen LogP contribution in [-0.4, -0.2) is 18.6 Å². The van der Waals surface area contributed by atoms with Crippen LogP contribution in [0.1, 0.15) is 19.8 Å². The maximum Gasteiger partial charge on any atom is 0.319 e. The molecule has 0 radical (unpaired) electrons. The quantitative estimate of drug-likeness (QED) is 0.757. The van der Waals surface area contributed by atoms with E-state index in [1.807, 2.05) is 12.1 Å². The first kappa shape index (κ1) is 13.8. The van der Waals surface area contributed by atoms with Crippen molar-refractivity contribution in [3.63, 3.8) is 0 Å². The number of amides is 2. The molecule has 0 aromatic heterocycles. The zero-order valence-corrected chi connectivity index (χ0v) is 10.6. The van der Waals surface area contributed by atoms with E-state index in [1.165, 1.54) is 0 Å². The van der Waals surface area contributed by atoms with Gasteiger partial charge in [-0.15, -0.1) is 0 Å². The number of carbonyl (C=O) groups is 1. The summed E-state index contributed by atoms with van der Waals surface area (Å²) < 4.78 is 0. The molecule has 0 bridgehead atoms. The van der Waals surface area contributed by atoms with E-state index >= 15 is 0 Å². The maximum atomic E-state index is 11.7. The molecule has 0 aliphatic heterocycles. The molecule has 0 saturated carbocycles. The second-order valence-electron chi connectivity index (χ2n) is 3.80. The van der Waals surface area contributed by atoms with Crippen LogP contribution in [0.3, 0.4) is 0 Å². The standard InChI is InChI=1S/C12H18ClN3O/c1-2-5-9(8-14)15-12(17)16-11-7-4-3-6-10(11)13/h3-4,6-7,9H,2,5,8,14H2,1H3,(H2,15,16,17). The number of urea groups is 1. The van der Waals surface area contributed by atoms with E-state index in [0.29, 0.717) is 17.3 Å². The van der Waals surface area contributed by atoms with E-state index in [2.05, 4.69) is 17.6 Å². The summed E-state index contributed by atoms with van der Waals surface area (Å²) in [6.07, 6.45) is 1.85. The molecule has 1 unspecified atom stereocenters. The van der Waals surface area contributed by atoms with Gasteiger partial charge in [0.15, 0.2) is 0 Å². The van der Waals surface area contributed by atoms with Crippen molar-refractivity contribution < 1.29 is 4.79 Å². The summed E-state index contributed by atoms with van der Waals surface area (Å²) in [5.74, 6) is 0. The van der Waals surface area contributed by atoms with Crippen LogP contribution in [0, 0.1) is 0 Å². The number of hydrogen-bond acceptors (Lipinski definition) is 2. The minimum absolute atomic E-state index is 0.00230. The SMILES string of the molecule is CCCC(CN)NC(=O)Nc1ccccc1Cl. The van der Waals surface area contributed by atoms with Gasteiger partial charge < -0.3 is 16.4 Å². The van der Waals surface area contributed by atoms with Gasteiger partial charge in [0.25, 0.3) is 0 Å². The fraction of sp³-hybridized carbons (Fsp3) is 0.417. The van der Waals surface area contributed by atoms with E-state index in [9.17, 15) is 4.79 Å². The third-order valence-corrected chi connectivity index (χ3v) is 2.71. The van der Waals surface area contributed by atoms with E-state index in [1.54, 1.807) is 12.1 Å². The summed E-state index contributed by atoms with van der Waals surface area (Å²) in [6.45, 7) is 2.49. The zero-order chi connectivity index (χ0) is 12.7. The number of nitrogens with one attached hydrogen (secondary N) is 2. The van der Waals surface area contributed by atoms with Crippen LogP contribution in [0.25, 0.3) is 0 Å². The molecule has 2 amide bonds. The van der Waals surface area contributed by atoms with Gasteiger partial charge in [-0.05, 0) is 18.6 Å². The number of anilines is 1. The molecule has 0 saturated heterocycles. The lowest BCUT2D eigenvalue weighted by Crippen LogP contribution is -2.42. The van der Waals surface area contributed by atoms with E-state index in [0.717, 1.165) is 12.8 Å². The van der Waals surface area contributed by atoms with Crippen molar-refractivity contribution in [1.29, 1.82) is 0 Å². The second kappa shape index (κ2) is 7.14. The van der Waals surface area contributed by atoms with Crippen LogP contribution in [0.4, 0.5) is 10.5 Å². The molecule has 5 heteroatoms. The van der Waals surface area contributed by atoms with Crippen LogP contribution < -0.4 is 16.4 Å². The van der Waals surface area contributed by atoms with Gasteiger partial charge >= 0.3 is 6.03 Å². The van der Waals surface area contributed by atoms with Gasteiger partial charge in [0.05, 0.1) is 10.7 Å². The first-order valence-corrected chi connectivity index (χ1v) is 6.07. The number of nitrogens with two attached hydrogens (primary N) is 1. The summed E-state index contributed by atoms with van der Waals surface area (Å²) in [7, 11) is 0. The van der Waals surface area contributed by atoms with Crippen LogP contribution in [0.15, 0.2) is 24.3 Å². The lowest BCUT2D eigenvalue weighted by Gasteiger charge is -2.16. The normalized spacial score (nSPS) is 11.9. The number of para-hydroxylation sites is 1. The fourth-order valence-electron chi connectivity index (χ4n) is 1.50. The average molecular weight is 256 g/mol. The molecule has 1 rings (SSSR count). The van der Waals surface area contributed by atoms with Crippen LogP contribution in [0.5, 0.6) is 0 Å². The topological polar surface area (TPSA) is 67.1 Å². The highest BCUT2D eigenvalue weighted by molar-refractivity contribution is 6.33. The third kappa shape index (κ3) is 4.63. The number of rotatable bonds is 5. The summed E-state index contributed by atoms with van der Waals surface area (Å²) in [4.78, 5) is 11.7. The molecule has 4 nitrogen and oxygen atoms in total. The molecule has 1 aromatic rings. The summed E-state index contributed by atoms with van der Waals surface area (Å²) >= 11 is 5.93. The largest absolute Gasteiger partial charge is 0.334 e. The molecule has 1 atom stereocenters. The van der Waals surface area contributed by atoms with Crippen molar-refractivity contribution in [2.75, 3.05) is 11.9 Å². The molecule has 0 aliphatic carbocycles. The lowest BCUT2D eigenvalue weighted by atomic mass is 10.2. The average Bonchev–Trinajstić information content (AvgIpc) is 2.31. The highest BCUT2D eigenvalue weighted by Crippen LogP contribution is 2.20. The molecule has 4 N–H and O–H groups in total. The molecule has 0 fully saturated rings. The van der Waals surface area contributed by atoms with Crippen molar-refractivity contribution in [2.45, 2.75) is 25.8 Å². The number of benzene rings is 1. The number of halogens is 1. The molecule has 0 heterocycles. The molecule has 94 valence electrons.